The van der Waals surface area contributed by atoms with E-state index in [1.807, 2.05) is 6.92 Å². The Kier molecular flexibility index (Phi) is 3.74. The van der Waals surface area contributed by atoms with Crippen LogP contribution in [0.25, 0.3) is 5.57 Å². The Bertz CT molecular complexity index is 576. The van der Waals surface area contributed by atoms with E-state index < -0.39 is 17.8 Å². The van der Waals surface area contributed by atoms with Gasteiger partial charge in [-0.2, -0.15) is 13.2 Å². The van der Waals surface area contributed by atoms with E-state index in [0.717, 1.165) is 23.3 Å². The molecule has 0 atom stereocenters. The number of ether oxygens (including phenoxy) is 1. The maximum absolute atomic E-state index is 12.7. The van der Waals surface area contributed by atoms with Gasteiger partial charge in [-0.15, -0.1) is 0 Å². The minimum absolute atomic E-state index is 0.198. The van der Waals surface area contributed by atoms with Gasteiger partial charge < -0.3 is 4.74 Å². The standard InChI is InChI=1S/C14H14F3NO2/c1-3-20-13(19)18-12-5-4-9(14(15,16)17)7-11(12)10-6-8(10)2/h4-5,7H,3,6H2,1-2H3,(H,18,19). The molecule has 0 saturated heterocycles. The minimum Gasteiger partial charge on any atom is -0.450 e. The summed E-state index contributed by atoms with van der Waals surface area (Å²) in [6, 6.07) is 3.27. The topological polar surface area (TPSA) is 38.3 Å². The zero-order valence-electron chi connectivity index (χ0n) is 11.1. The highest BCUT2D eigenvalue weighted by molar-refractivity contribution is 5.94. The fourth-order valence-corrected chi connectivity index (χ4v) is 1.90. The molecule has 0 unspecified atom stereocenters. The molecule has 0 saturated carbocycles. The third kappa shape index (κ3) is 3.12. The largest absolute Gasteiger partial charge is 0.450 e. The molecule has 2 rings (SSSR count). The Morgan fingerprint density at radius 3 is 2.55 bits per heavy atom. The number of anilines is 1. The molecule has 6 heteroatoms. The van der Waals surface area contributed by atoms with Gasteiger partial charge in [0.25, 0.3) is 0 Å². The van der Waals surface area contributed by atoms with Crippen molar-refractivity contribution in [3.63, 3.8) is 0 Å². The number of nitrogens with one attached hydrogen (secondary N) is 1. The lowest BCUT2D eigenvalue weighted by atomic mass is 10.1. The molecule has 3 nitrogen and oxygen atoms in total. The second-order valence-electron chi connectivity index (χ2n) is 4.54. The molecular formula is C14H14F3NO2. The van der Waals surface area contributed by atoms with Gasteiger partial charge in [-0.3, -0.25) is 5.32 Å². The number of alkyl halides is 3. The number of halogens is 3. The van der Waals surface area contributed by atoms with Gasteiger partial charge in [0.05, 0.1) is 17.9 Å². The van der Waals surface area contributed by atoms with Crippen molar-refractivity contribution >= 4 is 17.4 Å². The lowest BCUT2D eigenvalue weighted by Gasteiger charge is -2.13. The molecule has 1 aliphatic carbocycles. The molecule has 1 aromatic rings. The van der Waals surface area contributed by atoms with Gasteiger partial charge in [-0.25, -0.2) is 4.79 Å². The molecule has 0 fully saturated rings. The maximum atomic E-state index is 12.7. The summed E-state index contributed by atoms with van der Waals surface area (Å²) in [7, 11) is 0. The first-order valence-electron chi connectivity index (χ1n) is 6.17. The summed E-state index contributed by atoms with van der Waals surface area (Å²) in [4.78, 5) is 11.4. The highest BCUT2D eigenvalue weighted by Crippen LogP contribution is 2.44. The minimum atomic E-state index is -4.40. The molecule has 0 heterocycles. The van der Waals surface area contributed by atoms with Crippen molar-refractivity contribution in [2.45, 2.75) is 26.4 Å². The Labute approximate surface area is 114 Å². The SMILES string of the molecule is CCOC(=O)Nc1ccc(C(F)(F)F)cc1C1=C(C)C1. The van der Waals surface area contributed by atoms with E-state index in [2.05, 4.69) is 5.32 Å². The molecule has 20 heavy (non-hydrogen) atoms. The van der Waals surface area contributed by atoms with Crippen LogP contribution in [-0.4, -0.2) is 12.7 Å². The number of benzene rings is 1. The van der Waals surface area contributed by atoms with Crippen molar-refractivity contribution in [3.05, 3.63) is 34.9 Å². The molecule has 0 spiro atoms. The number of hydrogen-bond acceptors (Lipinski definition) is 2. The van der Waals surface area contributed by atoms with Crippen molar-refractivity contribution in [1.29, 1.82) is 0 Å². The van der Waals surface area contributed by atoms with E-state index in [-0.39, 0.29) is 6.61 Å². The van der Waals surface area contributed by atoms with Crippen LogP contribution in [0.2, 0.25) is 0 Å². The van der Waals surface area contributed by atoms with Gasteiger partial charge in [0.1, 0.15) is 0 Å². The van der Waals surface area contributed by atoms with Crippen LogP contribution in [0.4, 0.5) is 23.7 Å². The second-order valence-corrected chi connectivity index (χ2v) is 4.54. The second kappa shape index (κ2) is 5.19. The maximum Gasteiger partial charge on any atom is 0.416 e. The van der Waals surface area contributed by atoms with Crippen molar-refractivity contribution in [2.75, 3.05) is 11.9 Å². The van der Waals surface area contributed by atoms with Crippen LogP contribution in [0.1, 0.15) is 31.4 Å². The molecule has 0 bridgehead atoms. The molecule has 0 radical (unpaired) electrons. The summed E-state index contributed by atoms with van der Waals surface area (Å²) in [5.74, 6) is 0. The first-order chi connectivity index (χ1) is 9.32. The zero-order chi connectivity index (χ0) is 14.9. The highest BCUT2D eigenvalue weighted by atomic mass is 19.4. The number of amides is 1. The van der Waals surface area contributed by atoms with E-state index in [1.165, 1.54) is 6.07 Å². The Morgan fingerprint density at radius 2 is 2.05 bits per heavy atom. The average Bonchev–Trinajstić information content (AvgIpc) is 3.05. The fourth-order valence-electron chi connectivity index (χ4n) is 1.90. The number of allylic oxidation sites excluding steroid dienone is 2. The van der Waals surface area contributed by atoms with Gasteiger partial charge in [0.15, 0.2) is 0 Å². The van der Waals surface area contributed by atoms with Gasteiger partial charge in [0, 0.05) is 5.56 Å². The summed E-state index contributed by atoms with van der Waals surface area (Å²) < 4.78 is 42.9. The zero-order valence-corrected chi connectivity index (χ0v) is 11.1. The van der Waals surface area contributed by atoms with Crippen LogP contribution in [0.3, 0.4) is 0 Å². The molecule has 108 valence electrons. The summed E-state index contributed by atoms with van der Waals surface area (Å²) in [5, 5.41) is 2.47. The van der Waals surface area contributed by atoms with Crippen LogP contribution >= 0.6 is 0 Å². The number of carbonyl (C=O) groups is 1. The van der Waals surface area contributed by atoms with E-state index in [0.29, 0.717) is 17.7 Å². The third-order valence-corrected chi connectivity index (χ3v) is 3.02. The Hall–Kier alpha value is -1.98. The van der Waals surface area contributed by atoms with E-state index in [9.17, 15) is 18.0 Å². The summed E-state index contributed by atoms with van der Waals surface area (Å²) in [6.45, 7) is 3.70. The summed E-state index contributed by atoms with van der Waals surface area (Å²) >= 11 is 0. The van der Waals surface area contributed by atoms with Crippen LogP contribution in [0, 0.1) is 0 Å². The number of hydrogen-bond donors (Lipinski definition) is 1. The molecule has 0 aromatic heterocycles. The quantitative estimate of drug-likeness (QED) is 0.891. The lowest BCUT2D eigenvalue weighted by molar-refractivity contribution is -0.137. The van der Waals surface area contributed by atoms with Crippen molar-refractivity contribution in [2.24, 2.45) is 0 Å². The third-order valence-electron chi connectivity index (χ3n) is 3.02. The Morgan fingerprint density at radius 1 is 1.40 bits per heavy atom. The van der Waals surface area contributed by atoms with Crippen molar-refractivity contribution in [1.82, 2.24) is 0 Å². The van der Waals surface area contributed by atoms with Crippen LogP contribution in [0.5, 0.6) is 0 Å². The van der Waals surface area contributed by atoms with Gasteiger partial charge >= 0.3 is 12.3 Å². The van der Waals surface area contributed by atoms with Gasteiger partial charge in [-0.05, 0) is 44.0 Å². The molecule has 0 aliphatic heterocycles. The van der Waals surface area contributed by atoms with Crippen LogP contribution in [0.15, 0.2) is 23.8 Å². The predicted octanol–water partition coefficient (Wildman–Crippen LogP) is 4.45. The van der Waals surface area contributed by atoms with Crippen LogP contribution < -0.4 is 5.32 Å². The van der Waals surface area contributed by atoms with Gasteiger partial charge in [0.2, 0.25) is 0 Å². The summed E-state index contributed by atoms with van der Waals surface area (Å²) in [6.07, 6.45) is -4.41. The van der Waals surface area contributed by atoms with Gasteiger partial charge in [-0.1, -0.05) is 5.57 Å². The van der Waals surface area contributed by atoms with E-state index in [1.54, 1.807) is 6.92 Å². The predicted molar refractivity (Wildman–Crippen MR) is 69.3 cm³/mol. The molecule has 1 N–H and O–H groups in total. The molecule has 1 aliphatic rings. The smallest absolute Gasteiger partial charge is 0.416 e. The molecule has 1 amide bonds. The normalized spacial score (nSPS) is 14.2. The first kappa shape index (κ1) is 14.4. The number of carbonyl (C=O) groups excluding carboxylic acids is 1. The van der Waals surface area contributed by atoms with Crippen molar-refractivity contribution < 1.29 is 22.7 Å². The van der Waals surface area contributed by atoms with E-state index >= 15 is 0 Å². The first-order valence-corrected chi connectivity index (χ1v) is 6.17. The molecular weight excluding hydrogens is 271 g/mol. The van der Waals surface area contributed by atoms with Crippen molar-refractivity contribution in [3.8, 4) is 0 Å². The number of rotatable bonds is 3. The fraction of sp³-hybridized carbons (Fsp3) is 0.357. The summed E-state index contributed by atoms with van der Waals surface area (Å²) in [5.41, 5.74) is 1.88. The van der Waals surface area contributed by atoms with Crippen LogP contribution in [-0.2, 0) is 10.9 Å². The van der Waals surface area contributed by atoms with E-state index in [4.69, 9.17) is 4.74 Å². The average molecular weight is 285 g/mol. The Balaban J connectivity index is 2.35. The molecule has 1 aromatic carbocycles. The lowest BCUT2D eigenvalue weighted by Crippen LogP contribution is -2.15. The monoisotopic (exact) mass is 285 g/mol. The highest BCUT2D eigenvalue weighted by Gasteiger charge is 2.32.